The highest BCUT2D eigenvalue weighted by atomic mass is 19.4. The van der Waals surface area contributed by atoms with Crippen LogP contribution in [0.25, 0.3) is 0 Å². The van der Waals surface area contributed by atoms with Gasteiger partial charge in [0, 0.05) is 6.54 Å². The van der Waals surface area contributed by atoms with Crippen LogP contribution in [-0.2, 0) is 17.3 Å². The molecule has 1 N–H and O–H groups in total. The third-order valence-electron chi connectivity index (χ3n) is 4.80. The van der Waals surface area contributed by atoms with Gasteiger partial charge in [0.15, 0.2) is 0 Å². The number of alkyl halides is 3. The van der Waals surface area contributed by atoms with Gasteiger partial charge in [0.05, 0.1) is 12.2 Å². The Labute approximate surface area is 177 Å². The summed E-state index contributed by atoms with van der Waals surface area (Å²) in [6.45, 7) is 1.03. The van der Waals surface area contributed by atoms with Gasteiger partial charge in [-0.05, 0) is 60.0 Å². The van der Waals surface area contributed by atoms with Gasteiger partial charge in [0.25, 0.3) is 0 Å². The van der Waals surface area contributed by atoms with Crippen molar-refractivity contribution in [1.82, 2.24) is 5.32 Å². The van der Waals surface area contributed by atoms with Crippen LogP contribution in [0, 0.1) is 11.6 Å². The lowest BCUT2D eigenvalue weighted by Gasteiger charge is -2.19. The van der Waals surface area contributed by atoms with E-state index >= 15 is 0 Å². The molecule has 0 fully saturated rings. The van der Waals surface area contributed by atoms with Crippen LogP contribution in [0.3, 0.4) is 0 Å². The fourth-order valence-corrected chi connectivity index (χ4v) is 3.27. The van der Waals surface area contributed by atoms with E-state index in [4.69, 9.17) is 4.74 Å². The second-order valence-corrected chi connectivity index (χ2v) is 7.01. The second-order valence-electron chi connectivity index (χ2n) is 7.01. The molecule has 31 heavy (non-hydrogen) atoms. The van der Waals surface area contributed by atoms with Crippen LogP contribution in [0.15, 0.2) is 72.8 Å². The minimum Gasteiger partial charge on any atom is -0.367 e. The van der Waals surface area contributed by atoms with Gasteiger partial charge in [0.1, 0.15) is 17.7 Å². The SMILES string of the molecule is Fc1ccc(C(OCCNCCc2ccccc2C(F)(F)F)c2ccc(F)cc2)cc1. The smallest absolute Gasteiger partial charge is 0.367 e. The Kier molecular flexibility index (Phi) is 7.76. The van der Waals surface area contributed by atoms with E-state index in [2.05, 4.69) is 5.32 Å². The molecule has 7 heteroatoms. The lowest BCUT2D eigenvalue weighted by atomic mass is 10.0. The summed E-state index contributed by atoms with van der Waals surface area (Å²) in [5.74, 6) is -0.746. The van der Waals surface area contributed by atoms with E-state index in [0.717, 1.165) is 6.07 Å². The molecule has 0 aromatic heterocycles. The van der Waals surface area contributed by atoms with Crippen molar-refractivity contribution >= 4 is 0 Å². The van der Waals surface area contributed by atoms with Crippen LogP contribution in [-0.4, -0.2) is 19.7 Å². The first-order valence-electron chi connectivity index (χ1n) is 9.83. The van der Waals surface area contributed by atoms with Crippen molar-refractivity contribution in [3.8, 4) is 0 Å². The average molecular weight is 435 g/mol. The zero-order valence-corrected chi connectivity index (χ0v) is 16.6. The number of halogens is 5. The fourth-order valence-electron chi connectivity index (χ4n) is 3.27. The van der Waals surface area contributed by atoms with Crippen LogP contribution in [0.2, 0.25) is 0 Å². The first-order chi connectivity index (χ1) is 14.8. The molecule has 0 bridgehead atoms. The molecule has 0 amide bonds. The molecule has 0 aliphatic rings. The van der Waals surface area contributed by atoms with Gasteiger partial charge in [-0.1, -0.05) is 42.5 Å². The minimum absolute atomic E-state index is 0.231. The van der Waals surface area contributed by atoms with Gasteiger partial charge in [0.2, 0.25) is 0 Å². The molecule has 0 atom stereocenters. The Hall–Kier alpha value is -2.77. The fraction of sp³-hybridized carbons (Fsp3) is 0.250. The molecule has 0 radical (unpaired) electrons. The summed E-state index contributed by atoms with van der Waals surface area (Å²) >= 11 is 0. The number of benzene rings is 3. The van der Waals surface area contributed by atoms with Crippen LogP contribution in [0.5, 0.6) is 0 Å². The van der Waals surface area contributed by atoms with E-state index in [1.165, 1.54) is 36.4 Å². The molecule has 164 valence electrons. The lowest BCUT2D eigenvalue weighted by Crippen LogP contribution is -2.24. The van der Waals surface area contributed by atoms with E-state index in [-0.39, 0.29) is 30.2 Å². The Bertz CT molecular complexity index is 909. The second kappa shape index (κ2) is 10.5. The third-order valence-corrected chi connectivity index (χ3v) is 4.80. The zero-order chi connectivity index (χ0) is 22.3. The molecule has 0 saturated carbocycles. The molecule has 0 saturated heterocycles. The molecule has 3 rings (SSSR count). The van der Waals surface area contributed by atoms with Gasteiger partial charge >= 0.3 is 6.18 Å². The van der Waals surface area contributed by atoms with Gasteiger partial charge in [-0.3, -0.25) is 0 Å². The van der Waals surface area contributed by atoms with Crippen molar-refractivity contribution < 1.29 is 26.7 Å². The Morgan fingerprint density at radius 1 is 0.742 bits per heavy atom. The molecule has 0 unspecified atom stereocenters. The van der Waals surface area contributed by atoms with Crippen LogP contribution in [0.1, 0.15) is 28.4 Å². The van der Waals surface area contributed by atoms with Gasteiger partial charge in [-0.25, -0.2) is 8.78 Å². The van der Waals surface area contributed by atoms with E-state index in [0.29, 0.717) is 24.2 Å². The molecule has 3 aromatic rings. The maximum atomic E-state index is 13.3. The summed E-state index contributed by atoms with van der Waals surface area (Å²) in [5, 5.41) is 3.08. The number of nitrogens with one attached hydrogen (secondary N) is 1. The highest BCUT2D eigenvalue weighted by Gasteiger charge is 2.32. The first kappa shape index (κ1) is 22.9. The number of hydrogen-bond acceptors (Lipinski definition) is 2. The molecular weight excluding hydrogens is 413 g/mol. The van der Waals surface area contributed by atoms with Crippen molar-refractivity contribution in [3.05, 3.63) is 107 Å². The summed E-state index contributed by atoms with van der Waals surface area (Å²) in [6, 6.07) is 17.2. The summed E-state index contributed by atoms with van der Waals surface area (Å²) in [5.41, 5.74) is 1.04. The topological polar surface area (TPSA) is 21.3 Å². The Balaban J connectivity index is 1.55. The predicted molar refractivity (Wildman–Crippen MR) is 109 cm³/mol. The highest BCUT2D eigenvalue weighted by Crippen LogP contribution is 2.32. The van der Waals surface area contributed by atoms with Crippen LogP contribution in [0.4, 0.5) is 22.0 Å². The molecule has 0 heterocycles. The van der Waals surface area contributed by atoms with Gasteiger partial charge in [-0.15, -0.1) is 0 Å². The maximum Gasteiger partial charge on any atom is 0.416 e. The van der Waals surface area contributed by atoms with E-state index in [1.807, 2.05) is 0 Å². The van der Waals surface area contributed by atoms with Crippen LogP contribution < -0.4 is 5.32 Å². The van der Waals surface area contributed by atoms with Crippen molar-refractivity contribution in [3.63, 3.8) is 0 Å². The lowest BCUT2D eigenvalue weighted by molar-refractivity contribution is -0.138. The van der Waals surface area contributed by atoms with Crippen molar-refractivity contribution in [1.29, 1.82) is 0 Å². The van der Waals surface area contributed by atoms with Crippen molar-refractivity contribution in [2.45, 2.75) is 18.7 Å². The minimum atomic E-state index is -4.38. The van der Waals surface area contributed by atoms with Crippen LogP contribution >= 0.6 is 0 Å². The summed E-state index contributed by atoms with van der Waals surface area (Å²) < 4.78 is 71.6. The van der Waals surface area contributed by atoms with E-state index < -0.39 is 17.8 Å². The standard InChI is InChI=1S/C24H22F5NO/c25-20-9-5-18(6-10-20)23(19-7-11-21(26)12-8-19)31-16-15-30-14-13-17-3-1-2-4-22(17)24(27,28)29/h1-12,23,30H,13-16H2. The largest absolute Gasteiger partial charge is 0.416 e. The van der Waals surface area contributed by atoms with Crippen molar-refractivity contribution in [2.75, 3.05) is 19.7 Å². The van der Waals surface area contributed by atoms with Crippen molar-refractivity contribution in [2.24, 2.45) is 0 Å². The highest BCUT2D eigenvalue weighted by molar-refractivity contribution is 5.31. The molecule has 0 spiro atoms. The quantitative estimate of drug-likeness (QED) is 0.333. The Morgan fingerprint density at radius 3 is 1.84 bits per heavy atom. The monoisotopic (exact) mass is 435 g/mol. The maximum absolute atomic E-state index is 13.3. The molecule has 3 aromatic carbocycles. The molecule has 2 nitrogen and oxygen atoms in total. The number of ether oxygens (including phenoxy) is 1. The summed E-state index contributed by atoms with van der Waals surface area (Å²) in [4.78, 5) is 0. The van der Waals surface area contributed by atoms with E-state index in [9.17, 15) is 22.0 Å². The first-order valence-corrected chi connectivity index (χ1v) is 9.83. The average Bonchev–Trinajstić information content (AvgIpc) is 2.75. The molecular formula is C24H22F5NO. The third kappa shape index (κ3) is 6.60. The number of rotatable bonds is 9. The molecule has 0 aliphatic carbocycles. The van der Waals surface area contributed by atoms with Gasteiger partial charge in [-0.2, -0.15) is 13.2 Å². The zero-order valence-electron chi connectivity index (χ0n) is 16.6. The Morgan fingerprint density at radius 2 is 1.29 bits per heavy atom. The summed E-state index contributed by atoms with van der Waals surface area (Å²) in [7, 11) is 0. The summed E-state index contributed by atoms with van der Waals surface area (Å²) in [6.07, 6.45) is -4.67. The van der Waals surface area contributed by atoms with E-state index in [1.54, 1.807) is 30.3 Å². The normalized spacial score (nSPS) is 11.8. The predicted octanol–water partition coefficient (Wildman–Crippen LogP) is 5.92. The number of hydrogen-bond donors (Lipinski definition) is 1. The van der Waals surface area contributed by atoms with Gasteiger partial charge < -0.3 is 10.1 Å². The molecule has 0 aliphatic heterocycles.